The fourth-order valence-corrected chi connectivity index (χ4v) is 3.89. The van der Waals surface area contributed by atoms with E-state index < -0.39 is 0 Å². The van der Waals surface area contributed by atoms with Gasteiger partial charge in [-0.25, -0.2) is 14.8 Å². The van der Waals surface area contributed by atoms with Crippen molar-refractivity contribution in [1.82, 2.24) is 20.6 Å². The number of piperidine rings is 1. The summed E-state index contributed by atoms with van der Waals surface area (Å²) in [6.45, 7) is 4.37. The highest BCUT2D eigenvalue weighted by molar-refractivity contribution is 7.13. The minimum atomic E-state index is -0.111. The molecule has 1 fully saturated rings. The Bertz CT molecular complexity index is 605. The summed E-state index contributed by atoms with van der Waals surface area (Å²) in [7, 11) is 0. The quantitative estimate of drug-likeness (QED) is 0.899. The first-order chi connectivity index (χ1) is 10.7. The fourth-order valence-electron chi connectivity index (χ4n) is 2.46. The second kappa shape index (κ2) is 7.06. The van der Waals surface area contributed by atoms with Gasteiger partial charge >= 0.3 is 6.03 Å². The second-order valence-electron chi connectivity index (χ2n) is 5.27. The Morgan fingerprint density at radius 1 is 1.41 bits per heavy atom. The minimum absolute atomic E-state index is 0.111. The number of aromatic nitrogens is 2. The van der Waals surface area contributed by atoms with Crippen LogP contribution in [0.2, 0.25) is 0 Å². The van der Waals surface area contributed by atoms with E-state index in [1.165, 1.54) is 0 Å². The highest BCUT2D eigenvalue weighted by Gasteiger charge is 2.21. The molecule has 0 saturated carbocycles. The lowest BCUT2D eigenvalue weighted by Crippen LogP contribution is -2.47. The highest BCUT2D eigenvalue weighted by Crippen LogP contribution is 2.21. The summed E-state index contributed by atoms with van der Waals surface area (Å²) in [6.07, 6.45) is 5.55. The van der Waals surface area contributed by atoms with E-state index in [-0.39, 0.29) is 12.1 Å². The molecule has 2 N–H and O–H groups in total. The predicted molar refractivity (Wildman–Crippen MR) is 89.6 cm³/mol. The Labute approximate surface area is 137 Å². The second-order valence-corrected chi connectivity index (χ2v) is 7.46. The molecule has 0 aliphatic carbocycles. The first-order valence-electron chi connectivity index (χ1n) is 7.31. The monoisotopic (exact) mass is 337 g/mol. The van der Waals surface area contributed by atoms with Crippen molar-refractivity contribution in [3.05, 3.63) is 27.7 Å². The number of carbonyl (C=O) groups excluding carboxylic acids is 1. The predicted octanol–water partition coefficient (Wildman–Crippen LogP) is 2.38. The van der Waals surface area contributed by atoms with Crippen LogP contribution >= 0.6 is 22.7 Å². The van der Waals surface area contributed by atoms with Gasteiger partial charge in [0.2, 0.25) is 0 Å². The number of nitrogens with one attached hydrogen (secondary N) is 2. The highest BCUT2D eigenvalue weighted by atomic mass is 32.1. The van der Waals surface area contributed by atoms with Crippen molar-refractivity contribution in [3.8, 4) is 0 Å². The normalized spacial score (nSPS) is 15.8. The van der Waals surface area contributed by atoms with Crippen molar-refractivity contribution >= 4 is 33.8 Å². The summed E-state index contributed by atoms with van der Waals surface area (Å²) in [6, 6.07) is 0.120. The van der Waals surface area contributed by atoms with Crippen LogP contribution in [0.15, 0.2) is 17.8 Å². The zero-order valence-electron chi connectivity index (χ0n) is 12.4. The summed E-state index contributed by atoms with van der Waals surface area (Å²) in [4.78, 5) is 23.9. The number of urea groups is 1. The summed E-state index contributed by atoms with van der Waals surface area (Å²) >= 11 is 3.27. The lowest BCUT2D eigenvalue weighted by atomic mass is 10.1. The molecule has 0 aromatic carbocycles. The molecule has 0 spiro atoms. The largest absolute Gasteiger partial charge is 0.348 e. The molecular weight excluding hydrogens is 318 g/mol. The third-order valence-corrected chi connectivity index (χ3v) is 5.33. The molecule has 118 valence electrons. The maximum atomic E-state index is 11.9. The molecule has 0 unspecified atom stereocenters. The molecule has 2 amide bonds. The number of carbonyl (C=O) groups is 1. The average Bonchev–Trinajstić information content (AvgIpc) is 3.17. The number of anilines is 1. The molecule has 3 heterocycles. The summed E-state index contributed by atoms with van der Waals surface area (Å²) in [5.74, 6) is 0. The van der Waals surface area contributed by atoms with Gasteiger partial charge < -0.3 is 15.5 Å². The van der Waals surface area contributed by atoms with Crippen molar-refractivity contribution in [3.63, 3.8) is 0 Å². The van der Waals surface area contributed by atoms with Crippen molar-refractivity contribution in [2.24, 2.45) is 0 Å². The SMILES string of the molecule is Cc1cnc(CNC(=O)NC2CCN(c3nccs3)CC2)s1. The van der Waals surface area contributed by atoms with Crippen molar-refractivity contribution in [2.45, 2.75) is 32.4 Å². The van der Waals surface area contributed by atoms with Crippen molar-refractivity contribution < 1.29 is 4.79 Å². The van der Waals surface area contributed by atoms with Gasteiger partial charge in [-0.15, -0.1) is 22.7 Å². The molecular formula is C14H19N5OS2. The first kappa shape index (κ1) is 15.2. The van der Waals surface area contributed by atoms with E-state index in [2.05, 4.69) is 25.5 Å². The zero-order chi connectivity index (χ0) is 15.4. The van der Waals surface area contributed by atoms with E-state index >= 15 is 0 Å². The van der Waals surface area contributed by atoms with Crippen LogP contribution < -0.4 is 15.5 Å². The number of thiazole rings is 2. The lowest BCUT2D eigenvalue weighted by molar-refractivity contribution is 0.234. The first-order valence-corrected chi connectivity index (χ1v) is 9.00. The number of amides is 2. The molecule has 6 nitrogen and oxygen atoms in total. The van der Waals surface area contributed by atoms with Crippen LogP contribution in [0.25, 0.3) is 0 Å². The van der Waals surface area contributed by atoms with Gasteiger partial charge in [-0.05, 0) is 19.8 Å². The van der Waals surface area contributed by atoms with Crippen LogP contribution in [-0.2, 0) is 6.54 Å². The van der Waals surface area contributed by atoms with Crippen LogP contribution in [0.4, 0.5) is 9.93 Å². The molecule has 3 rings (SSSR count). The molecule has 0 bridgehead atoms. The van der Waals surface area contributed by atoms with E-state index in [9.17, 15) is 4.79 Å². The Hall–Kier alpha value is -1.67. The number of hydrogen-bond donors (Lipinski definition) is 2. The molecule has 2 aromatic rings. The molecule has 1 saturated heterocycles. The zero-order valence-corrected chi connectivity index (χ0v) is 14.0. The van der Waals surface area contributed by atoms with Crippen LogP contribution in [0.5, 0.6) is 0 Å². The minimum Gasteiger partial charge on any atom is -0.348 e. The number of hydrogen-bond acceptors (Lipinski definition) is 6. The van der Waals surface area contributed by atoms with Crippen LogP contribution in [-0.4, -0.2) is 35.1 Å². The number of rotatable bonds is 4. The Morgan fingerprint density at radius 3 is 2.86 bits per heavy atom. The van der Waals surface area contributed by atoms with Gasteiger partial charge in [0.1, 0.15) is 5.01 Å². The Kier molecular flexibility index (Phi) is 4.89. The van der Waals surface area contributed by atoms with Gasteiger partial charge in [0.05, 0.1) is 6.54 Å². The van der Waals surface area contributed by atoms with Crippen molar-refractivity contribution in [1.29, 1.82) is 0 Å². The molecule has 2 aromatic heterocycles. The topological polar surface area (TPSA) is 70.2 Å². The van der Waals surface area contributed by atoms with Gasteiger partial charge in [-0.2, -0.15) is 0 Å². The van der Waals surface area contributed by atoms with E-state index in [1.807, 2.05) is 24.7 Å². The molecule has 1 aliphatic heterocycles. The van der Waals surface area contributed by atoms with Crippen LogP contribution in [0, 0.1) is 6.92 Å². The number of aryl methyl sites for hydroxylation is 1. The van der Waals surface area contributed by atoms with E-state index in [0.717, 1.165) is 40.9 Å². The Balaban J connectivity index is 1.39. The van der Waals surface area contributed by atoms with Crippen LogP contribution in [0.1, 0.15) is 22.7 Å². The number of nitrogens with zero attached hydrogens (tertiary/aromatic N) is 3. The van der Waals surface area contributed by atoms with Gasteiger partial charge in [-0.3, -0.25) is 0 Å². The van der Waals surface area contributed by atoms with Crippen LogP contribution in [0.3, 0.4) is 0 Å². The van der Waals surface area contributed by atoms with E-state index in [4.69, 9.17) is 0 Å². The molecule has 1 aliphatic rings. The molecule has 0 radical (unpaired) electrons. The fraction of sp³-hybridized carbons (Fsp3) is 0.500. The molecule has 22 heavy (non-hydrogen) atoms. The summed E-state index contributed by atoms with van der Waals surface area (Å²) in [5, 5.41) is 9.92. The molecule has 8 heteroatoms. The van der Waals surface area contributed by atoms with Gasteiger partial charge in [0, 0.05) is 41.8 Å². The standard InChI is InChI=1S/C14H19N5OS2/c1-10-8-16-12(22-10)9-17-13(20)18-11-2-5-19(6-3-11)14-15-4-7-21-14/h4,7-8,11H,2-3,5-6,9H2,1H3,(H2,17,18,20). The molecule has 0 atom stereocenters. The maximum absolute atomic E-state index is 11.9. The lowest BCUT2D eigenvalue weighted by Gasteiger charge is -2.32. The summed E-state index contributed by atoms with van der Waals surface area (Å²) < 4.78 is 0. The Morgan fingerprint density at radius 2 is 2.23 bits per heavy atom. The smallest absolute Gasteiger partial charge is 0.315 e. The van der Waals surface area contributed by atoms with Gasteiger partial charge in [0.15, 0.2) is 5.13 Å². The third kappa shape index (κ3) is 3.95. The third-order valence-electron chi connectivity index (χ3n) is 3.59. The summed E-state index contributed by atoms with van der Waals surface area (Å²) in [5.41, 5.74) is 0. The van der Waals surface area contributed by atoms with Crippen molar-refractivity contribution in [2.75, 3.05) is 18.0 Å². The van der Waals surface area contributed by atoms with E-state index in [1.54, 1.807) is 22.7 Å². The maximum Gasteiger partial charge on any atom is 0.315 e. The van der Waals surface area contributed by atoms with Gasteiger partial charge in [0.25, 0.3) is 0 Å². The van der Waals surface area contributed by atoms with Gasteiger partial charge in [-0.1, -0.05) is 0 Å². The average molecular weight is 337 g/mol. The van der Waals surface area contributed by atoms with E-state index in [0.29, 0.717) is 6.54 Å².